The molecule has 0 spiro atoms. The van der Waals surface area contributed by atoms with Crippen molar-refractivity contribution in [1.82, 2.24) is 4.98 Å². The second kappa shape index (κ2) is 4.91. The zero-order valence-corrected chi connectivity index (χ0v) is 11.0. The topological polar surface area (TPSA) is 60.2 Å². The highest BCUT2D eigenvalue weighted by Crippen LogP contribution is 2.35. The van der Waals surface area contributed by atoms with Crippen molar-refractivity contribution < 1.29 is 4.74 Å². The fourth-order valence-electron chi connectivity index (χ4n) is 1.51. The number of rotatable bonds is 3. The van der Waals surface area contributed by atoms with Crippen molar-refractivity contribution in [2.45, 2.75) is 6.92 Å². The number of aryl methyl sites for hydroxylation is 1. The lowest BCUT2D eigenvalue weighted by atomic mass is 10.1. The van der Waals surface area contributed by atoms with E-state index in [1.54, 1.807) is 7.11 Å². The Labute approximate surface area is 108 Å². The molecular weight excluding hydrogens is 258 g/mol. The highest BCUT2D eigenvalue weighted by Gasteiger charge is 2.11. The van der Waals surface area contributed by atoms with Crippen molar-refractivity contribution in [3.63, 3.8) is 0 Å². The van der Waals surface area contributed by atoms with Crippen molar-refractivity contribution in [2.24, 2.45) is 5.84 Å². The van der Waals surface area contributed by atoms with Gasteiger partial charge >= 0.3 is 0 Å². The van der Waals surface area contributed by atoms with Gasteiger partial charge < -0.3 is 10.2 Å². The second-order valence-corrected chi connectivity index (χ2v) is 4.75. The first kappa shape index (κ1) is 12.2. The Morgan fingerprint density at radius 3 is 2.82 bits per heavy atom. The SMILES string of the molecule is COc1cc(C)c(-c2nc(NN)cs2)cc1Cl. The van der Waals surface area contributed by atoms with Crippen molar-refractivity contribution in [2.75, 3.05) is 12.5 Å². The van der Waals surface area contributed by atoms with Gasteiger partial charge in [-0.2, -0.15) is 0 Å². The molecule has 0 bridgehead atoms. The Balaban J connectivity index is 2.48. The average Bonchev–Trinajstić information content (AvgIpc) is 2.80. The van der Waals surface area contributed by atoms with E-state index in [-0.39, 0.29) is 0 Å². The van der Waals surface area contributed by atoms with E-state index in [0.717, 1.165) is 16.1 Å². The van der Waals surface area contributed by atoms with Crippen LogP contribution in [-0.2, 0) is 0 Å². The minimum absolute atomic E-state index is 0.575. The lowest BCUT2D eigenvalue weighted by Gasteiger charge is -2.08. The van der Waals surface area contributed by atoms with E-state index in [1.807, 2.05) is 24.4 Å². The second-order valence-electron chi connectivity index (χ2n) is 3.48. The number of hydrogen-bond donors (Lipinski definition) is 2. The van der Waals surface area contributed by atoms with Crippen LogP contribution in [0.1, 0.15) is 5.56 Å². The maximum absolute atomic E-state index is 6.10. The summed E-state index contributed by atoms with van der Waals surface area (Å²) in [6.07, 6.45) is 0. The summed E-state index contributed by atoms with van der Waals surface area (Å²) in [4.78, 5) is 4.34. The molecule has 0 amide bonds. The third-order valence-corrected chi connectivity index (χ3v) is 3.55. The minimum atomic E-state index is 0.575. The molecule has 2 rings (SSSR count). The van der Waals surface area contributed by atoms with Gasteiger partial charge in [-0.05, 0) is 24.6 Å². The van der Waals surface area contributed by atoms with Crippen LogP contribution in [0.3, 0.4) is 0 Å². The summed E-state index contributed by atoms with van der Waals surface area (Å²) in [6, 6.07) is 3.75. The number of hydrogen-bond acceptors (Lipinski definition) is 5. The van der Waals surface area contributed by atoms with Gasteiger partial charge in [0.1, 0.15) is 10.8 Å². The van der Waals surface area contributed by atoms with Crippen LogP contribution in [-0.4, -0.2) is 12.1 Å². The van der Waals surface area contributed by atoms with Crippen molar-refractivity contribution in [1.29, 1.82) is 0 Å². The Hall–Kier alpha value is -1.30. The molecule has 1 aromatic carbocycles. The van der Waals surface area contributed by atoms with Crippen LogP contribution in [0.4, 0.5) is 5.82 Å². The molecule has 90 valence electrons. The maximum atomic E-state index is 6.10. The van der Waals surface area contributed by atoms with Gasteiger partial charge in [0.05, 0.1) is 12.1 Å². The van der Waals surface area contributed by atoms with Crippen molar-refractivity contribution in [3.8, 4) is 16.3 Å². The summed E-state index contributed by atoms with van der Waals surface area (Å²) < 4.78 is 5.16. The third kappa shape index (κ3) is 2.36. The Kier molecular flexibility index (Phi) is 3.51. The number of ether oxygens (including phenoxy) is 1. The van der Waals surface area contributed by atoms with E-state index in [1.165, 1.54) is 11.3 Å². The lowest BCUT2D eigenvalue weighted by Crippen LogP contribution is -2.06. The molecule has 0 unspecified atom stereocenters. The largest absolute Gasteiger partial charge is 0.495 e. The van der Waals surface area contributed by atoms with E-state index in [9.17, 15) is 0 Å². The monoisotopic (exact) mass is 269 g/mol. The van der Waals surface area contributed by atoms with Gasteiger partial charge in [-0.15, -0.1) is 11.3 Å². The number of hydrazine groups is 1. The maximum Gasteiger partial charge on any atom is 0.151 e. The highest BCUT2D eigenvalue weighted by molar-refractivity contribution is 7.13. The lowest BCUT2D eigenvalue weighted by molar-refractivity contribution is 0.415. The van der Waals surface area contributed by atoms with Crippen molar-refractivity contribution in [3.05, 3.63) is 28.1 Å². The third-order valence-electron chi connectivity index (χ3n) is 2.38. The summed E-state index contributed by atoms with van der Waals surface area (Å²) in [6.45, 7) is 1.99. The van der Waals surface area contributed by atoms with E-state index < -0.39 is 0 Å². The molecule has 1 heterocycles. The molecule has 2 aromatic rings. The van der Waals surface area contributed by atoms with Gasteiger partial charge in [0.25, 0.3) is 0 Å². The number of nitrogens with one attached hydrogen (secondary N) is 1. The Morgan fingerprint density at radius 2 is 2.24 bits per heavy atom. The molecule has 17 heavy (non-hydrogen) atoms. The molecule has 0 atom stereocenters. The average molecular weight is 270 g/mol. The molecule has 0 aliphatic heterocycles. The molecule has 4 nitrogen and oxygen atoms in total. The van der Waals surface area contributed by atoms with Crippen LogP contribution >= 0.6 is 22.9 Å². The van der Waals surface area contributed by atoms with Crippen molar-refractivity contribution >= 4 is 28.8 Å². The molecule has 0 saturated carbocycles. The predicted molar refractivity (Wildman–Crippen MR) is 71.7 cm³/mol. The number of thiazole rings is 1. The summed E-state index contributed by atoms with van der Waals surface area (Å²) in [5, 5.41) is 3.30. The number of nitrogens with zero attached hydrogens (tertiary/aromatic N) is 1. The first-order valence-corrected chi connectivity index (χ1v) is 6.18. The number of aromatic nitrogens is 1. The Morgan fingerprint density at radius 1 is 1.47 bits per heavy atom. The normalized spacial score (nSPS) is 10.4. The fourth-order valence-corrected chi connectivity index (χ4v) is 2.59. The molecule has 0 fully saturated rings. The molecule has 0 radical (unpaired) electrons. The summed E-state index contributed by atoms with van der Waals surface area (Å²) >= 11 is 7.61. The first-order chi connectivity index (χ1) is 8.15. The Bertz CT molecular complexity index is 542. The number of nitrogen functional groups attached to an aromatic ring is 1. The molecule has 0 saturated heterocycles. The van der Waals surface area contributed by atoms with E-state index in [2.05, 4.69) is 10.4 Å². The number of benzene rings is 1. The molecule has 6 heteroatoms. The van der Waals surface area contributed by atoms with Gasteiger partial charge in [0.15, 0.2) is 5.82 Å². The van der Waals surface area contributed by atoms with Gasteiger partial charge in [-0.25, -0.2) is 10.8 Å². The molecular formula is C11H12ClN3OS. The standard InChI is InChI=1S/C11H12ClN3OS/c1-6-3-9(16-2)8(12)4-7(6)11-14-10(15-13)5-17-11/h3-5,15H,13H2,1-2H3. The summed E-state index contributed by atoms with van der Waals surface area (Å²) in [7, 11) is 1.60. The zero-order chi connectivity index (χ0) is 12.4. The molecule has 0 aliphatic carbocycles. The quantitative estimate of drug-likeness (QED) is 0.664. The highest BCUT2D eigenvalue weighted by atomic mass is 35.5. The van der Waals surface area contributed by atoms with Crippen LogP contribution < -0.4 is 16.0 Å². The van der Waals surface area contributed by atoms with Crippen LogP contribution in [0.25, 0.3) is 10.6 Å². The number of anilines is 1. The van der Waals surface area contributed by atoms with Crippen LogP contribution in [0, 0.1) is 6.92 Å². The van der Waals surface area contributed by atoms with Gasteiger partial charge in [0.2, 0.25) is 0 Å². The smallest absolute Gasteiger partial charge is 0.151 e. The number of halogens is 1. The summed E-state index contributed by atoms with van der Waals surface area (Å²) in [5.41, 5.74) is 4.56. The first-order valence-electron chi connectivity index (χ1n) is 4.92. The molecule has 3 N–H and O–H groups in total. The molecule has 0 aliphatic rings. The van der Waals surface area contributed by atoms with Crippen LogP contribution in [0.15, 0.2) is 17.5 Å². The minimum Gasteiger partial charge on any atom is -0.495 e. The zero-order valence-electron chi connectivity index (χ0n) is 9.45. The number of methoxy groups -OCH3 is 1. The van der Waals surface area contributed by atoms with Crippen LogP contribution in [0.5, 0.6) is 5.75 Å². The van der Waals surface area contributed by atoms with Crippen LogP contribution in [0.2, 0.25) is 5.02 Å². The van der Waals surface area contributed by atoms with Gasteiger partial charge in [-0.1, -0.05) is 11.6 Å². The van der Waals surface area contributed by atoms with Gasteiger partial charge in [0, 0.05) is 10.9 Å². The fraction of sp³-hybridized carbons (Fsp3) is 0.182. The van der Waals surface area contributed by atoms with E-state index in [4.69, 9.17) is 22.2 Å². The van der Waals surface area contributed by atoms with Gasteiger partial charge in [-0.3, -0.25) is 0 Å². The molecule has 1 aromatic heterocycles. The van der Waals surface area contributed by atoms with E-state index >= 15 is 0 Å². The summed E-state index contributed by atoms with van der Waals surface area (Å²) in [5.74, 6) is 6.62. The van der Waals surface area contributed by atoms with E-state index in [0.29, 0.717) is 16.6 Å². The number of nitrogens with two attached hydrogens (primary N) is 1. The predicted octanol–water partition coefficient (Wildman–Crippen LogP) is 3.07.